The Labute approximate surface area is 157 Å². The number of amides is 2. The number of thioether (sulfide) groups is 1. The minimum atomic E-state index is -0.414. The summed E-state index contributed by atoms with van der Waals surface area (Å²) < 4.78 is 0. The van der Waals surface area contributed by atoms with Crippen LogP contribution in [-0.4, -0.2) is 34.8 Å². The summed E-state index contributed by atoms with van der Waals surface area (Å²) in [6, 6.07) is 18.4. The molecule has 5 heteroatoms. The first-order valence-corrected chi connectivity index (χ1v) is 9.09. The van der Waals surface area contributed by atoms with Crippen LogP contribution in [-0.2, 0) is 9.59 Å². The predicted molar refractivity (Wildman–Crippen MR) is 106 cm³/mol. The first-order chi connectivity index (χ1) is 12.4. The van der Waals surface area contributed by atoms with Crippen molar-refractivity contribution >= 4 is 34.3 Å². The number of ketones is 1. The van der Waals surface area contributed by atoms with Crippen LogP contribution in [0.3, 0.4) is 0 Å². The third-order valence-corrected chi connectivity index (χ3v) is 5.02. The topological polar surface area (TPSA) is 54.5 Å². The number of hydrogen-bond acceptors (Lipinski definition) is 4. The Morgan fingerprint density at radius 1 is 0.923 bits per heavy atom. The normalized spacial score (nSPS) is 12.3. The van der Waals surface area contributed by atoms with Crippen molar-refractivity contribution in [3.63, 3.8) is 0 Å². The van der Waals surface area contributed by atoms with Crippen LogP contribution in [0.4, 0.5) is 0 Å². The largest absolute Gasteiger partial charge is 0.293 e. The number of carbonyl (C=O) groups is 3. The number of carbonyl (C=O) groups excluding carboxylic acids is 3. The van der Waals surface area contributed by atoms with Gasteiger partial charge in [-0.3, -0.25) is 19.3 Å². The third kappa shape index (κ3) is 5.17. The number of imide groups is 1. The Kier molecular flexibility index (Phi) is 6.92. The van der Waals surface area contributed by atoms with Gasteiger partial charge < -0.3 is 0 Å². The summed E-state index contributed by atoms with van der Waals surface area (Å²) in [5.74, 6) is -0.759. The zero-order valence-corrected chi connectivity index (χ0v) is 15.8. The van der Waals surface area contributed by atoms with Gasteiger partial charge in [0, 0.05) is 30.5 Å². The molecule has 0 aliphatic heterocycles. The lowest BCUT2D eigenvalue weighted by molar-refractivity contribution is -0.138. The Morgan fingerprint density at radius 3 is 1.92 bits per heavy atom. The molecule has 134 valence electrons. The molecule has 0 heterocycles. The molecule has 2 aromatic rings. The summed E-state index contributed by atoms with van der Waals surface area (Å²) in [6.07, 6.45) is 1.41. The van der Waals surface area contributed by atoms with Gasteiger partial charge in [0.15, 0.2) is 5.78 Å². The van der Waals surface area contributed by atoms with E-state index in [1.807, 2.05) is 55.5 Å². The Balaban J connectivity index is 2.29. The van der Waals surface area contributed by atoms with Crippen LogP contribution in [0.15, 0.2) is 66.7 Å². The van der Waals surface area contributed by atoms with E-state index in [2.05, 4.69) is 0 Å². The van der Waals surface area contributed by atoms with E-state index in [0.29, 0.717) is 10.5 Å². The van der Waals surface area contributed by atoms with Gasteiger partial charge in [0.1, 0.15) is 0 Å². The molecule has 2 amide bonds. The average molecular weight is 367 g/mol. The van der Waals surface area contributed by atoms with Gasteiger partial charge in [-0.2, -0.15) is 0 Å². The van der Waals surface area contributed by atoms with E-state index in [1.54, 1.807) is 12.1 Å². The molecule has 0 saturated carbocycles. The molecular formula is C21H21NO3S. The van der Waals surface area contributed by atoms with Crippen LogP contribution < -0.4 is 0 Å². The number of Topliss-reactive ketones (excluding diaryl/α,β-unsaturated/α-hetero) is 1. The summed E-state index contributed by atoms with van der Waals surface area (Å²) in [5.41, 5.74) is 1.46. The van der Waals surface area contributed by atoms with Crippen LogP contribution in [0.1, 0.15) is 29.8 Å². The highest BCUT2D eigenvalue weighted by atomic mass is 32.2. The van der Waals surface area contributed by atoms with E-state index >= 15 is 0 Å². The molecule has 0 N–H and O–H groups in total. The molecule has 0 aliphatic rings. The second kappa shape index (κ2) is 9.15. The second-order valence-corrected chi connectivity index (χ2v) is 7.16. The number of benzene rings is 2. The Morgan fingerprint density at radius 2 is 1.42 bits per heavy atom. The summed E-state index contributed by atoms with van der Waals surface area (Å²) >= 11 is 1.31. The van der Waals surface area contributed by atoms with E-state index in [-0.39, 0.29) is 16.9 Å². The first-order valence-electron chi connectivity index (χ1n) is 8.21. The van der Waals surface area contributed by atoms with Crippen LogP contribution in [0.2, 0.25) is 0 Å². The molecule has 0 aliphatic carbocycles. The monoisotopic (exact) mass is 367 g/mol. The average Bonchev–Trinajstić information content (AvgIpc) is 2.67. The molecule has 2 rings (SSSR count). The third-order valence-electron chi connectivity index (χ3n) is 3.85. The quantitative estimate of drug-likeness (QED) is 0.571. The maximum atomic E-state index is 12.6. The number of rotatable bonds is 6. The fraction of sp³-hybridized carbons (Fsp3) is 0.190. The maximum Gasteiger partial charge on any atom is 0.254 e. The van der Waals surface area contributed by atoms with Crippen molar-refractivity contribution in [3.05, 3.63) is 77.9 Å². The molecule has 0 fully saturated rings. The van der Waals surface area contributed by atoms with Gasteiger partial charge in [-0.1, -0.05) is 60.7 Å². The molecule has 0 bridgehead atoms. The van der Waals surface area contributed by atoms with E-state index in [1.165, 1.54) is 31.8 Å². The van der Waals surface area contributed by atoms with Crippen molar-refractivity contribution in [1.29, 1.82) is 0 Å². The molecule has 0 radical (unpaired) electrons. The van der Waals surface area contributed by atoms with Crippen molar-refractivity contribution in [2.24, 2.45) is 0 Å². The van der Waals surface area contributed by atoms with E-state index in [9.17, 15) is 14.4 Å². The molecule has 0 spiro atoms. The van der Waals surface area contributed by atoms with Crippen LogP contribution in [0, 0.1) is 0 Å². The molecule has 2 aromatic carbocycles. The van der Waals surface area contributed by atoms with Crippen LogP contribution in [0.5, 0.6) is 0 Å². The summed E-state index contributed by atoms with van der Waals surface area (Å²) in [7, 11) is 1.44. The SMILES string of the molecule is CC(=O)N(C)C(=O)/C=C(/SC(C)C(=O)c1ccccc1)c1ccccc1. The number of hydrogen-bond donors (Lipinski definition) is 0. The predicted octanol–water partition coefficient (Wildman–Crippen LogP) is 4.04. The second-order valence-electron chi connectivity index (χ2n) is 5.78. The van der Waals surface area contributed by atoms with E-state index in [4.69, 9.17) is 0 Å². The highest BCUT2D eigenvalue weighted by Crippen LogP contribution is 2.32. The molecule has 0 saturated heterocycles. The fourth-order valence-electron chi connectivity index (χ4n) is 2.23. The minimum absolute atomic E-state index is 0.00944. The van der Waals surface area contributed by atoms with Gasteiger partial charge in [-0.05, 0) is 12.5 Å². The summed E-state index contributed by atoms with van der Waals surface area (Å²) in [4.78, 5) is 38.1. The van der Waals surface area contributed by atoms with E-state index in [0.717, 1.165) is 10.5 Å². The first kappa shape index (κ1) is 19.7. The molecule has 1 atom stereocenters. The smallest absolute Gasteiger partial charge is 0.254 e. The van der Waals surface area contributed by atoms with Gasteiger partial charge >= 0.3 is 0 Å². The molecule has 26 heavy (non-hydrogen) atoms. The van der Waals surface area contributed by atoms with Crippen molar-refractivity contribution in [2.45, 2.75) is 19.1 Å². The highest BCUT2D eigenvalue weighted by molar-refractivity contribution is 8.09. The summed E-state index contributed by atoms with van der Waals surface area (Å²) in [5, 5.41) is -0.376. The zero-order chi connectivity index (χ0) is 19.1. The Hall–Kier alpha value is -2.66. The summed E-state index contributed by atoms with van der Waals surface area (Å²) in [6.45, 7) is 3.15. The van der Waals surface area contributed by atoms with Crippen LogP contribution >= 0.6 is 11.8 Å². The lowest BCUT2D eigenvalue weighted by atomic mass is 10.1. The standard InChI is InChI=1S/C21H21NO3S/c1-15(21(25)18-12-8-5-9-13-18)26-19(17-10-6-4-7-11-17)14-20(24)22(3)16(2)23/h4-15H,1-3H3/b19-14+. The zero-order valence-electron chi connectivity index (χ0n) is 15.0. The van der Waals surface area contributed by atoms with E-state index < -0.39 is 5.91 Å². The number of nitrogens with zero attached hydrogens (tertiary/aromatic N) is 1. The molecular weight excluding hydrogens is 346 g/mol. The molecule has 1 unspecified atom stereocenters. The molecule has 4 nitrogen and oxygen atoms in total. The van der Waals surface area contributed by atoms with Gasteiger partial charge in [-0.25, -0.2) is 0 Å². The van der Waals surface area contributed by atoms with Gasteiger partial charge in [0.25, 0.3) is 5.91 Å². The minimum Gasteiger partial charge on any atom is -0.293 e. The molecule has 0 aromatic heterocycles. The van der Waals surface area contributed by atoms with Gasteiger partial charge in [0.2, 0.25) is 5.91 Å². The van der Waals surface area contributed by atoms with Crippen LogP contribution in [0.25, 0.3) is 4.91 Å². The van der Waals surface area contributed by atoms with Gasteiger partial charge in [0.05, 0.1) is 5.25 Å². The highest BCUT2D eigenvalue weighted by Gasteiger charge is 2.20. The Bertz CT molecular complexity index is 816. The fourth-order valence-corrected chi connectivity index (χ4v) is 3.30. The number of likely N-dealkylation sites (N-methyl/N-ethyl adjacent to an activating group) is 1. The van der Waals surface area contributed by atoms with Crippen molar-refractivity contribution in [3.8, 4) is 0 Å². The van der Waals surface area contributed by atoms with Crippen molar-refractivity contribution in [1.82, 2.24) is 4.90 Å². The lowest BCUT2D eigenvalue weighted by Crippen LogP contribution is -2.29. The lowest BCUT2D eigenvalue weighted by Gasteiger charge is -2.15. The van der Waals surface area contributed by atoms with Crippen molar-refractivity contribution < 1.29 is 14.4 Å². The maximum absolute atomic E-state index is 12.6. The van der Waals surface area contributed by atoms with Crippen molar-refractivity contribution in [2.75, 3.05) is 7.05 Å². The van der Waals surface area contributed by atoms with Gasteiger partial charge in [-0.15, -0.1) is 11.8 Å².